The van der Waals surface area contributed by atoms with E-state index in [2.05, 4.69) is 62.2 Å². The molecular formula is C15H18BrN3. The number of benzene rings is 1. The van der Waals surface area contributed by atoms with Crippen molar-refractivity contribution in [1.29, 1.82) is 0 Å². The van der Waals surface area contributed by atoms with Gasteiger partial charge in [0.1, 0.15) is 5.82 Å². The fourth-order valence-electron chi connectivity index (χ4n) is 2.70. The van der Waals surface area contributed by atoms with Crippen molar-refractivity contribution in [2.24, 2.45) is 0 Å². The second kappa shape index (κ2) is 5.37. The number of fused-ring (bicyclic) bond motifs is 1. The molecule has 1 aromatic heterocycles. The molecular weight excluding hydrogens is 302 g/mol. The van der Waals surface area contributed by atoms with E-state index in [1.165, 1.54) is 17.5 Å². The monoisotopic (exact) mass is 319 g/mol. The lowest BCUT2D eigenvalue weighted by atomic mass is 10.00. The van der Waals surface area contributed by atoms with Gasteiger partial charge in [-0.05, 0) is 39.9 Å². The fraction of sp³-hybridized carbons (Fsp3) is 0.400. The molecule has 2 heterocycles. The molecule has 0 aliphatic carbocycles. The summed E-state index contributed by atoms with van der Waals surface area (Å²) in [5.74, 6) is 1.09. The maximum absolute atomic E-state index is 4.48. The molecule has 1 unspecified atom stereocenters. The zero-order valence-electron chi connectivity index (χ0n) is 11.1. The van der Waals surface area contributed by atoms with Crippen LogP contribution in [0.5, 0.6) is 0 Å². The smallest absolute Gasteiger partial charge is 0.139 e. The number of rotatable bonds is 3. The lowest BCUT2D eigenvalue weighted by molar-refractivity contribution is 0.481. The SMILES string of the molecule is CCCc1ccc(C2CCNc3c(Br)cnn32)cc1. The maximum Gasteiger partial charge on any atom is 0.139 e. The predicted octanol–water partition coefficient (Wildman–Crippen LogP) is 4.00. The third kappa shape index (κ3) is 2.41. The topological polar surface area (TPSA) is 29.9 Å². The number of aromatic nitrogens is 2. The van der Waals surface area contributed by atoms with Crippen LogP contribution in [0.3, 0.4) is 0 Å². The van der Waals surface area contributed by atoms with Crippen molar-refractivity contribution in [1.82, 2.24) is 9.78 Å². The van der Waals surface area contributed by atoms with Crippen molar-refractivity contribution < 1.29 is 0 Å². The average molecular weight is 320 g/mol. The van der Waals surface area contributed by atoms with Gasteiger partial charge in [-0.15, -0.1) is 0 Å². The maximum atomic E-state index is 4.48. The van der Waals surface area contributed by atoms with Crippen LogP contribution in [-0.4, -0.2) is 16.3 Å². The van der Waals surface area contributed by atoms with E-state index in [4.69, 9.17) is 0 Å². The van der Waals surface area contributed by atoms with Gasteiger partial charge in [-0.2, -0.15) is 5.10 Å². The fourth-order valence-corrected chi connectivity index (χ4v) is 3.11. The molecule has 100 valence electrons. The van der Waals surface area contributed by atoms with Gasteiger partial charge >= 0.3 is 0 Å². The Bertz CT molecular complexity index is 559. The minimum atomic E-state index is 0.346. The summed E-state index contributed by atoms with van der Waals surface area (Å²) in [6.07, 6.45) is 5.30. The number of halogens is 1. The number of aryl methyl sites for hydroxylation is 1. The summed E-state index contributed by atoms with van der Waals surface area (Å²) < 4.78 is 3.13. The Balaban J connectivity index is 1.90. The van der Waals surface area contributed by atoms with E-state index in [0.29, 0.717) is 6.04 Å². The van der Waals surface area contributed by atoms with Gasteiger partial charge < -0.3 is 5.32 Å². The van der Waals surface area contributed by atoms with E-state index in [9.17, 15) is 0 Å². The number of nitrogens with zero attached hydrogens (tertiary/aromatic N) is 2. The molecule has 1 aromatic carbocycles. The highest BCUT2D eigenvalue weighted by Crippen LogP contribution is 2.33. The summed E-state index contributed by atoms with van der Waals surface area (Å²) in [5, 5.41) is 7.88. The van der Waals surface area contributed by atoms with Crippen LogP contribution in [0.2, 0.25) is 0 Å². The highest BCUT2D eigenvalue weighted by Gasteiger charge is 2.23. The van der Waals surface area contributed by atoms with Crippen LogP contribution in [0, 0.1) is 0 Å². The van der Waals surface area contributed by atoms with Crippen LogP contribution in [0.4, 0.5) is 5.82 Å². The number of hydrogen-bond donors (Lipinski definition) is 1. The van der Waals surface area contributed by atoms with E-state index in [1.54, 1.807) is 0 Å². The minimum Gasteiger partial charge on any atom is -0.369 e. The van der Waals surface area contributed by atoms with Crippen molar-refractivity contribution in [2.75, 3.05) is 11.9 Å². The first kappa shape index (κ1) is 12.7. The van der Waals surface area contributed by atoms with Crippen LogP contribution >= 0.6 is 15.9 Å². The molecule has 0 fully saturated rings. The molecule has 1 N–H and O–H groups in total. The number of nitrogens with one attached hydrogen (secondary N) is 1. The highest BCUT2D eigenvalue weighted by molar-refractivity contribution is 9.10. The van der Waals surface area contributed by atoms with Crippen LogP contribution in [0.15, 0.2) is 34.9 Å². The van der Waals surface area contributed by atoms with Crippen molar-refractivity contribution >= 4 is 21.7 Å². The van der Waals surface area contributed by atoms with Gasteiger partial charge in [-0.3, -0.25) is 0 Å². The summed E-state index contributed by atoms with van der Waals surface area (Å²) in [4.78, 5) is 0. The van der Waals surface area contributed by atoms with Gasteiger partial charge in [0.2, 0.25) is 0 Å². The molecule has 2 aromatic rings. The van der Waals surface area contributed by atoms with Crippen LogP contribution in [0.25, 0.3) is 0 Å². The van der Waals surface area contributed by atoms with Crippen LogP contribution < -0.4 is 5.32 Å². The van der Waals surface area contributed by atoms with Gasteiger partial charge in [0.25, 0.3) is 0 Å². The molecule has 0 amide bonds. The van der Waals surface area contributed by atoms with E-state index in [1.807, 2.05) is 6.20 Å². The molecule has 0 bridgehead atoms. The van der Waals surface area contributed by atoms with Crippen molar-refractivity contribution in [2.45, 2.75) is 32.2 Å². The number of anilines is 1. The van der Waals surface area contributed by atoms with Crippen molar-refractivity contribution in [3.8, 4) is 0 Å². The quantitative estimate of drug-likeness (QED) is 0.926. The minimum absolute atomic E-state index is 0.346. The summed E-state index contributed by atoms with van der Waals surface area (Å²) >= 11 is 3.54. The Morgan fingerprint density at radius 1 is 1.37 bits per heavy atom. The Hall–Kier alpha value is -1.29. The van der Waals surface area contributed by atoms with Gasteiger partial charge in [0.05, 0.1) is 16.7 Å². The zero-order valence-corrected chi connectivity index (χ0v) is 12.7. The van der Waals surface area contributed by atoms with E-state index in [0.717, 1.165) is 29.7 Å². The lowest BCUT2D eigenvalue weighted by Crippen LogP contribution is -2.24. The van der Waals surface area contributed by atoms with Gasteiger partial charge in [0.15, 0.2) is 0 Å². The zero-order chi connectivity index (χ0) is 13.2. The molecule has 1 atom stereocenters. The molecule has 3 nitrogen and oxygen atoms in total. The first-order chi connectivity index (χ1) is 9.29. The van der Waals surface area contributed by atoms with Gasteiger partial charge in [-0.25, -0.2) is 4.68 Å². The van der Waals surface area contributed by atoms with Crippen molar-refractivity contribution in [3.05, 3.63) is 46.1 Å². The molecule has 3 rings (SSSR count). The molecule has 0 spiro atoms. The lowest BCUT2D eigenvalue weighted by Gasteiger charge is -2.26. The summed E-state index contributed by atoms with van der Waals surface area (Å²) in [5.41, 5.74) is 2.76. The van der Waals surface area contributed by atoms with Crippen LogP contribution in [0.1, 0.15) is 36.9 Å². The van der Waals surface area contributed by atoms with Gasteiger partial charge in [-0.1, -0.05) is 37.6 Å². The first-order valence-electron chi connectivity index (χ1n) is 6.85. The number of hydrogen-bond acceptors (Lipinski definition) is 2. The Morgan fingerprint density at radius 3 is 2.89 bits per heavy atom. The Kier molecular flexibility index (Phi) is 3.60. The van der Waals surface area contributed by atoms with Crippen molar-refractivity contribution in [3.63, 3.8) is 0 Å². The molecule has 0 saturated carbocycles. The van der Waals surface area contributed by atoms with Gasteiger partial charge in [0, 0.05) is 6.54 Å². The molecule has 0 saturated heterocycles. The molecule has 19 heavy (non-hydrogen) atoms. The van der Waals surface area contributed by atoms with E-state index < -0.39 is 0 Å². The Labute approximate surface area is 122 Å². The highest BCUT2D eigenvalue weighted by atomic mass is 79.9. The first-order valence-corrected chi connectivity index (χ1v) is 7.64. The third-order valence-electron chi connectivity index (χ3n) is 3.66. The normalized spacial score (nSPS) is 17.9. The second-order valence-corrected chi connectivity index (χ2v) is 5.86. The summed E-state index contributed by atoms with van der Waals surface area (Å²) in [7, 11) is 0. The van der Waals surface area contributed by atoms with E-state index >= 15 is 0 Å². The summed E-state index contributed by atoms with van der Waals surface area (Å²) in [6, 6.07) is 9.34. The van der Waals surface area contributed by atoms with E-state index in [-0.39, 0.29) is 0 Å². The Morgan fingerprint density at radius 2 is 2.16 bits per heavy atom. The largest absolute Gasteiger partial charge is 0.369 e. The molecule has 1 aliphatic heterocycles. The predicted molar refractivity (Wildman–Crippen MR) is 81.6 cm³/mol. The van der Waals surface area contributed by atoms with Crippen LogP contribution in [-0.2, 0) is 6.42 Å². The molecule has 1 aliphatic rings. The second-order valence-electron chi connectivity index (χ2n) is 5.01. The molecule has 0 radical (unpaired) electrons. The average Bonchev–Trinajstić information content (AvgIpc) is 2.82. The standard InChI is InChI=1S/C15H18BrN3/c1-2-3-11-4-6-12(7-5-11)14-8-9-17-15-13(16)10-18-19(14)15/h4-7,10,14,17H,2-3,8-9H2,1H3. The third-order valence-corrected chi connectivity index (χ3v) is 4.24. The summed E-state index contributed by atoms with van der Waals surface area (Å²) in [6.45, 7) is 3.21. The molecule has 4 heteroatoms.